The van der Waals surface area contributed by atoms with Crippen LogP contribution in [0.2, 0.25) is 0 Å². The van der Waals surface area contributed by atoms with E-state index < -0.39 is 0 Å². The van der Waals surface area contributed by atoms with E-state index in [-0.39, 0.29) is 23.8 Å². The second-order valence-corrected chi connectivity index (χ2v) is 5.93. The lowest BCUT2D eigenvalue weighted by molar-refractivity contribution is -0.142. The molecule has 1 aromatic rings. The SMILES string of the molecule is COC(=O)CC1CCN[C@H](C(=O)Nc2c(C)cccc2C)C1. The average Bonchev–Trinajstić information content (AvgIpc) is 2.51. The summed E-state index contributed by atoms with van der Waals surface area (Å²) in [5.74, 6) is -0.0461. The van der Waals surface area contributed by atoms with Crippen LogP contribution in [-0.2, 0) is 14.3 Å². The Morgan fingerprint density at radius 2 is 2.00 bits per heavy atom. The Bertz CT molecular complexity index is 537. The summed E-state index contributed by atoms with van der Waals surface area (Å²) in [6.07, 6.45) is 1.93. The predicted octanol–water partition coefficient (Wildman–Crippen LogP) is 2.17. The molecule has 22 heavy (non-hydrogen) atoms. The van der Waals surface area contributed by atoms with Gasteiger partial charge in [-0.25, -0.2) is 0 Å². The van der Waals surface area contributed by atoms with Crippen molar-refractivity contribution in [3.8, 4) is 0 Å². The molecule has 1 aliphatic rings. The number of nitrogens with one attached hydrogen (secondary N) is 2. The van der Waals surface area contributed by atoms with E-state index in [0.717, 1.165) is 29.8 Å². The lowest BCUT2D eigenvalue weighted by Gasteiger charge is -2.29. The predicted molar refractivity (Wildman–Crippen MR) is 85.7 cm³/mol. The number of methoxy groups -OCH3 is 1. The number of hydrogen-bond acceptors (Lipinski definition) is 4. The van der Waals surface area contributed by atoms with Crippen LogP contribution in [0.5, 0.6) is 0 Å². The fraction of sp³-hybridized carbons (Fsp3) is 0.529. The third-order valence-electron chi connectivity index (χ3n) is 4.24. The number of rotatable bonds is 4. The maximum absolute atomic E-state index is 12.5. The maximum Gasteiger partial charge on any atom is 0.305 e. The Morgan fingerprint density at radius 1 is 1.32 bits per heavy atom. The zero-order valence-corrected chi connectivity index (χ0v) is 13.4. The monoisotopic (exact) mass is 304 g/mol. The first-order chi connectivity index (χ1) is 10.5. The first-order valence-corrected chi connectivity index (χ1v) is 7.68. The lowest BCUT2D eigenvalue weighted by atomic mass is 9.89. The highest BCUT2D eigenvalue weighted by Gasteiger charge is 2.28. The summed E-state index contributed by atoms with van der Waals surface area (Å²) in [5, 5.41) is 6.25. The number of ether oxygens (including phenoxy) is 1. The third-order valence-corrected chi connectivity index (χ3v) is 4.24. The molecule has 0 spiro atoms. The molecule has 0 bridgehead atoms. The first-order valence-electron chi connectivity index (χ1n) is 7.68. The van der Waals surface area contributed by atoms with Crippen LogP contribution in [0.25, 0.3) is 0 Å². The van der Waals surface area contributed by atoms with Crippen LogP contribution in [0.15, 0.2) is 18.2 Å². The van der Waals surface area contributed by atoms with E-state index in [1.54, 1.807) is 0 Å². The van der Waals surface area contributed by atoms with E-state index in [9.17, 15) is 9.59 Å². The largest absolute Gasteiger partial charge is 0.469 e. The van der Waals surface area contributed by atoms with E-state index in [1.165, 1.54) is 7.11 Å². The quantitative estimate of drug-likeness (QED) is 0.837. The number of hydrogen-bond donors (Lipinski definition) is 2. The smallest absolute Gasteiger partial charge is 0.305 e. The van der Waals surface area contributed by atoms with Crippen LogP contribution < -0.4 is 10.6 Å². The number of aryl methyl sites for hydroxylation is 2. The second kappa shape index (κ2) is 7.40. The van der Waals surface area contributed by atoms with Crippen molar-refractivity contribution >= 4 is 17.6 Å². The minimum absolute atomic E-state index is 0.0352. The van der Waals surface area contributed by atoms with Crippen LogP contribution in [0.3, 0.4) is 0 Å². The molecule has 0 aromatic heterocycles. The Labute approximate surface area is 131 Å². The third kappa shape index (κ3) is 4.07. The number of anilines is 1. The van der Waals surface area contributed by atoms with Gasteiger partial charge in [-0.2, -0.15) is 0 Å². The molecule has 0 aliphatic carbocycles. The van der Waals surface area contributed by atoms with Gasteiger partial charge in [0, 0.05) is 12.1 Å². The molecule has 1 amide bonds. The van der Waals surface area contributed by atoms with Crippen molar-refractivity contribution in [2.75, 3.05) is 19.0 Å². The van der Waals surface area contributed by atoms with Gasteiger partial charge in [-0.3, -0.25) is 9.59 Å². The van der Waals surface area contributed by atoms with Gasteiger partial charge in [-0.05, 0) is 50.3 Å². The molecule has 1 unspecified atom stereocenters. The molecule has 2 atom stereocenters. The molecule has 2 N–H and O–H groups in total. The zero-order valence-electron chi connectivity index (χ0n) is 13.4. The molecule has 1 aromatic carbocycles. The summed E-state index contributed by atoms with van der Waals surface area (Å²) in [7, 11) is 1.40. The van der Waals surface area contributed by atoms with Crippen molar-refractivity contribution in [2.45, 2.75) is 39.2 Å². The van der Waals surface area contributed by atoms with Crippen LogP contribution in [0, 0.1) is 19.8 Å². The average molecular weight is 304 g/mol. The summed E-state index contributed by atoms with van der Waals surface area (Å²) >= 11 is 0. The minimum atomic E-state index is -0.262. The fourth-order valence-electron chi connectivity index (χ4n) is 2.92. The van der Waals surface area contributed by atoms with E-state index in [0.29, 0.717) is 12.8 Å². The summed E-state index contributed by atoms with van der Waals surface area (Å²) in [4.78, 5) is 23.9. The van der Waals surface area contributed by atoms with Crippen molar-refractivity contribution in [2.24, 2.45) is 5.92 Å². The van der Waals surface area contributed by atoms with E-state index in [4.69, 9.17) is 4.74 Å². The van der Waals surface area contributed by atoms with Crippen molar-refractivity contribution < 1.29 is 14.3 Å². The van der Waals surface area contributed by atoms with E-state index in [2.05, 4.69) is 10.6 Å². The Hall–Kier alpha value is -1.88. The van der Waals surface area contributed by atoms with Gasteiger partial charge < -0.3 is 15.4 Å². The van der Waals surface area contributed by atoms with Gasteiger partial charge in [0.1, 0.15) is 0 Å². The summed E-state index contributed by atoms with van der Waals surface area (Å²) < 4.78 is 4.72. The van der Waals surface area contributed by atoms with Crippen LogP contribution in [0.4, 0.5) is 5.69 Å². The molecule has 1 aliphatic heterocycles. The molecule has 120 valence electrons. The Kier molecular flexibility index (Phi) is 5.55. The molecule has 1 heterocycles. The van der Waals surface area contributed by atoms with Gasteiger partial charge >= 0.3 is 5.97 Å². The van der Waals surface area contributed by atoms with Gasteiger partial charge in [-0.1, -0.05) is 18.2 Å². The van der Waals surface area contributed by atoms with Gasteiger partial charge in [0.2, 0.25) is 5.91 Å². The van der Waals surface area contributed by atoms with Crippen LogP contribution in [-0.4, -0.2) is 31.6 Å². The van der Waals surface area contributed by atoms with E-state index in [1.807, 2.05) is 32.0 Å². The number of piperidine rings is 1. The van der Waals surface area contributed by atoms with Crippen LogP contribution in [0.1, 0.15) is 30.4 Å². The second-order valence-electron chi connectivity index (χ2n) is 5.93. The molecule has 2 rings (SSSR count). The Balaban J connectivity index is 1.99. The Morgan fingerprint density at radius 3 is 2.64 bits per heavy atom. The standard InChI is InChI=1S/C17H24N2O3/c1-11-5-4-6-12(2)16(11)19-17(21)14-9-13(7-8-18-14)10-15(20)22-3/h4-6,13-14,18H,7-10H2,1-3H3,(H,19,21)/t13?,14-/m0/s1. The van der Waals surface area contributed by atoms with Crippen molar-refractivity contribution in [1.29, 1.82) is 0 Å². The molecular formula is C17H24N2O3. The van der Waals surface area contributed by atoms with Gasteiger partial charge in [-0.15, -0.1) is 0 Å². The topological polar surface area (TPSA) is 67.4 Å². The molecule has 1 fully saturated rings. The fourth-order valence-corrected chi connectivity index (χ4v) is 2.92. The number of para-hydroxylation sites is 1. The van der Waals surface area contributed by atoms with Crippen molar-refractivity contribution in [3.63, 3.8) is 0 Å². The van der Waals surface area contributed by atoms with E-state index >= 15 is 0 Å². The highest BCUT2D eigenvalue weighted by Crippen LogP contribution is 2.23. The van der Waals surface area contributed by atoms with Crippen molar-refractivity contribution in [1.82, 2.24) is 5.32 Å². The lowest BCUT2D eigenvalue weighted by Crippen LogP contribution is -2.46. The molecule has 0 saturated carbocycles. The van der Waals surface area contributed by atoms with Gasteiger partial charge in [0.25, 0.3) is 0 Å². The zero-order chi connectivity index (χ0) is 16.1. The maximum atomic E-state index is 12.5. The molecular weight excluding hydrogens is 280 g/mol. The van der Waals surface area contributed by atoms with Crippen molar-refractivity contribution in [3.05, 3.63) is 29.3 Å². The summed E-state index contributed by atoms with van der Waals surface area (Å²) in [6, 6.07) is 5.68. The van der Waals surface area contributed by atoms with Gasteiger partial charge in [0.15, 0.2) is 0 Å². The normalized spacial score (nSPS) is 21.2. The molecule has 5 heteroatoms. The molecule has 5 nitrogen and oxygen atoms in total. The highest BCUT2D eigenvalue weighted by molar-refractivity contribution is 5.96. The number of carbonyl (C=O) groups excluding carboxylic acids is 2. The minimum Gasteiger partial charge on any atom is -0.469 e. The number of carbonyl (C=O) groups is 2. The number of amides is 1. The molecule has 0 radical (unpaired) electrons. The summed E-state index contributed by atoms with van der Waals surface area (Å²) in [5.41, 5.74) is 2.98. The number of esters is 1. The number of benzene rings is 1. The first kappa shape index (κ1) is 16.5. The van der Waals surface area contributed by atoms with Gasteiger partial charge in [0.05, 0.1) is 13.2 Å². The summed E-state index contributed by atoms with van der Waals surface area (Å²) in [6.45, 7) is 4.71. The van der Waals surface area contributed by atoms with Crippen LogP contribution >= 0.6 is 0 Å². The highest BCUT2D eigenvalue weighted by atomic mass is 16.5. The molecule has 1 saturated heterocycles.